The Hall–Kier alpha value is -3.01. The SMILES string of the molecule is CCOc1ccc(C(C)NC(=O)c2ccc(OC)c3ccccc23)cc1. The van der Waals surface area contributed by atoms with Gasteiger partial charge in [-0.05, 0) is 49.1 Å². The molecule has 0 bridgehead atoms. The number of carbonyl (C=O) groups is 1. The number of amides is 1. The van der Waals surface area contributed by atoms with Gasteiger partial charge >= 0.3 is 0 Å². The van der Waals surface area contributed by atoms with Crippen molar-refractivity contribution in [2.24, 2.45) is 0 Å². The second-order valence-electron chi connectivity index (χ2n) is 6.06. The van der Waals surface area contributed by atoms with Gasteiger partial charge in [0.15, 0.2) is 0 Å². The predicted molar refractivity (Wildman–Crippen MR) is 104 cm³/mol. The fraction of sp³-hybridized carbons (Fsp3) is 0.227. The van der Waals surface area contributed by atoms with Gasteiger partial charge < -0.3 is 14.8 Å². The fourth-order valence-electron chi connectivity index (χ4n) is 3.02. The number of hydrogen-bond acceptors (Lipinski definition) is 3. The number of ether oxygens (including phenoxy) is 2. The summed E-state index contributed by atoms with van der Waals surface area (Å²) < 4.78 is 10.9. The summed E-state index contributed by atoms with van der Waals surface area (Å²) in [6, 6.07) is 19.1. The van der Waals surface area contributed by atoms with Crippen molar-refractivity contribution in [3.05, 3.63) is 71.8 Å². The number of methoxy groups -OCH3 is 1. The monoisotopic (exact) mass is 349 g/mol. The third-order valence-corrected chi connectivity index (χ3v) is 4.39. The molecule has 0 aromatic heterocycles. The highest BCUT2D eigenvalue weighted by atomic mass is 16.5. The van der Waals surface area contributed by atoms with E-state index in [9.17, 15) is 4.79 Å². The van der Waals surface area contributed by atoms with Crippen LogP contribution in [0.1, 0.15) is 35.8 Å². The first-order valence-corrected chi connectivity index (χ1v) is 8.73. The second kappa shape index (κ2) is 7.91. The highest BCUT2D eigenvalue weighted by Crippen LogP contribution is 2.28. The smallest absolute Gasteiger partial charge is 0.252 e. The molecule has 0 spiro atoms. The molecule has 3 rings (SSSR count). The van der Waals surface area contributed by atoms with E-state index >= 15 is 0 Å². The van der Waals surface area contributed by atoms with E-state index < -0.39 is 0 Å². The highest BCUT2D eigenvalue weighted by molar-refractivity contribution is 6.08. The summed E-state index contributed by atoms with van der Waals surface area (Å²) in [5, 5.41) is 4.88. The largest absolute Gasteiger partial charge is 0.496 e. The average Bonchev–Trinajstić information content (AvgIpc) is 2.67. The van der Waals surface area contributed by atoms with Crippen LogP contribution in [-0.4, -0.2) is 19.6 Å². The Balaban J connectivity index is 1.82. The van der Waals surface area contributed by atoms with Crippen LogP contribution in [0, 0.1) is 0 Å². The maximum absolute atomic E-state index is 12.8. The first-order valence-electron chi connectivity index (χ1n) is 8.73. The van der Waals surface area contributed by atoms with E-state index in [2.05, 4.69) is 5.32 Å². The zero-order valence-corrected chi connectivity index (χ0v) is 15.3. The van der Waals surface area contributed by atoms with Crippen molar-refractivity contribution in [2.75, 3.05) is 13.7 Å². The summed E-state index contributed by atoms with van der Waals surface area (Å²) in [6.07, 6.45) is 0. The Morgan fingerprint density at radius 3 is 2.35 bits per heavy atom. The van der Waals surface area contributed by atoms with Gasteiger partial charge in [-0.1, -0.05) is 36.4 Å². The minimum absolute atomic E-state index is 0.106. The van der Waals surface area contributed by atoms with E-state index in [1.54, 1.807) is 13.2 Å². The first-order chi connectivity index (χ1) is 12.6. The summed E-state index contributed by atoms with van der Waals surface area (Å²) in [7, 11) is 1.63. The minimum Gasteiger partial charge on any atom is -0.496 e. The zero-order valence-electron chi connectivity index (χ0n) is 15.3. The fourth-order valence-corrected chi connectivity index (χ4v) is 3.02. The van der Waals surface area contributed by atoms with Crippen molar-refractivity contribution in [3.8, 4) is 11.5 Å². The lowest BCUT2D eigenvalue weighted by Gasteiger charge is -2.16. The Morgan fingerprint density at radius 2 is 1.69 bits per heavy atom. The molecule has 3 aromatic carbocycles. The van der Waals surface area contributed by atoms with E-state index in [0.29, 0.717) is 12.2 Å². The second-order valence-corrected chi connectivity index (χ2v) is 6.06. The van der Waals surface area contributed by atoms with E-state index in [-0.39, 0.29) is 11.9 Å². The zero-order chi connectivity index (χ0) is 18.5. The molecule has 4 nitrogen and oxygen atoms in total. The molecule has 0 fully saturated rings. The molecule has 1 amide bonds. The summed E-state index contributed by atoms with van der Waals surface area (Å²) in [5.41, 5.74) is 1.67. The van der Waals surface area contributed by atoms with Crippen molar-refractivity contribution in [1.29, 1.82) is 0 Å². The third-order valence-electron chi connectivity index (χ3n) is 4.39. The van der Waals surface area contributed by atoms with Crippen LogP contribution in [0.15, 0.2) is 60.7 Å². The lowest BCUT2D eigenvalue weighted by atomic mass is 10.0. The van der Waals surface area contributed by atoms with Crippen LogP contribution >= 0.6 is 0 Å². The number of rotatable bonds is 6. The lowest BCUT2D eigenvalue weighted by Crippen LogP contribution is -2.26. The molecule has 0 aliphatic heterocycles. The normalized spacial score (nSPS) is 11.8. The van der Waals surface area contributed by atoms with Gasteiger partial charge in [0.2, 0.25) is 0 Å². The van der Waals surface area contributed by atoms with Gasteiger partial charge in [0, 0.05) is 10.9 Å². The minimum atomic E-state index is -0.112. The van der Waals surface area contributed by atoms with Crippen LogP contribution in [0.5, 0.6) is 11.5 Å². The van der Waals surface area contributed by atoms with Crippen LogP contribution in [0.4, 0.5) is 0 Å². The van der Waals surface area contributed by atoms with Crippen molar-refractivity contribution in [3.63, 3.8) is 0 Å². The molecule has 26 heavy (non-hydrogen) atoms. The molecule has 4 heteroatoms. The van der Waals surface area contributed by atoms with Crippen molar-refractivity contribution in [1.82, 2.24) is 5.32 Å². The van der Waals surface area contributed by atoms with E-state index in [4.69, 9.17) is 9.47 Å². The third kappa shape index (κ3) is 3.64. The Morgan fingerprint density at radius 1 is 1.00 bits per heavy atom. The van der Waals surface area contributed by atoms with Gasteiger partial charge in [-0.3, -0.25) is 4.79 Å². The van der Waals surface area contributed by atoms with Crippen LogP contribution in [-0.2, 0) is 0 Å². The maximum atomic E-state index is 12.8. The first kappa shape index (κ1) is 17.8. The maximum Gasteiger partial charge on any atom is 0.252 e. The van der Waals surface area contributed by atoms with Crippen LogP contribution in [0.25, 0.3) is 10.8 Å². The van der Waals surface area contributed by atoms with Crippen LogP contribution in [0.2, 0.25) is 0 Å². The van der Waals surface area contributed by atoms with Gasteiger partial charge in [-0.25, -0.2) is 0 Å². The Kier molecular flexibility index (Phi) is 5.42. The highest BCUT2D eigenvalue weighted by Gasteiger charge is 2.15. The molecule has 0 aliphatic carbocycles. The van der Waals surface area contributed by atoms with Crippen molar-refractivity contribution >= 4 is 16.7 Å². The summed E-state index contributed by atoms with van der Waals surface area (Å²) in [5.74, 6) is 1.48. The quantitative estimate of drug-likeness (QED) is 0.699. The lowest BCUT2D eigenvalue weighted by molar-refractivity contribution is 0.0941. The molecular formula is C22H23NO3. The van der Waals surface area contributed by atoms with Gasteiger partial charge in [0.05, 0.1) is 19.8 Å². The van der Waals surface area contributed by atoms with Gasteiger partial charge in [-0.15, -0.1) is 0 Å². The standard InChI is InChI=1S/C22H23NO3/c1-4-26-17-11-9-16(10-12-17)15(2)23-22(24)20-13-14-21(25-3)19-8-6-5-7-18(19)20/h5-15H,4H2,1-3H3,(H,23,24). The topological polar surface area (TPSA) is 47.6 Å². The molecule has 0 saturated heterocycles. The van der Waals surface area contributed by atoms with Crippen LogP contribution < -0.4 is 14.8 Å². The molecule has 0 saturated carbocycles. The molecule has 1 atom stereocenters. The summed E-state index contributed by atoms with van der Waals surface area (Å²) >= 11 is 0. The average molecular weight is 349 g/mol. The molecular weight excluding hydrogens is 326 g/mol. The predicted octanol–water partition coefficient (Wildman–Crippen LogP) is 4.74. The van der Waals surface area contributed by atoms with E-state index in [1.807, 2.05) is 68.4 Å². The molecule has 0 heterocycles. The van der Waals surface area contributed by atoms with E-state index in [1.165, 1.54) is 0 Å². The molecule has 1 unspecified atom stereocenters. The number of nitrogens with one attached hydrogen (secondary N) is 1. The Bertz CT molecular complexity index is 903. The number of carbonyl (C=O) groups excluding carboxylic acids is 1. The Labute approximate surface area is 153 Å². The van der Waals surface area contributed by atoms with Gasteiger partial charge in [-0.2, -0.15) is 0 Å². The molecule has 0 radical (unpaired) electrons. The van der Waals surface area contributed by atoms with Gasteiger partial charge in [0.25, 0.3) is 5.91 Å². The van der Waals surface area contributed by atoms with Crippen molar-refractivity contribution < 1.29 is 14.3 Å². The van der Waals surface area contributed by atoms with Crippen LogP contribution in [0.3, 0.4) is 0 Å². The summed E-state index contributed by atoms with van der Waals surface area (Å²) in [4.78, 5) is 12.8. The summed E-state index contributed by atoms with van der Waals surface area (Å²) in [6.45, 7) is 4.56. The molecule has 134 valence electrons. The number of fused-ring (bicyclic) bond motifs is 1. The molecule has 3 aromatic rings. The van der Waals surface area contributed by atoms with Crippen molar-refractivity contribution in [2.45, 2.75) is 19.9 Å². The number of benzene rings is 3. The number of hydrogen-bond donors (Lipinski definition) is 1. The van der Waals surface area contributed by atoms with E-state index in [0.717, 1.165) is 27.8 Å². The van der Waals surface area contributed by atoms with Gasteiger partial charge in [0.1, 0.15) is 11.5 Å². The molecule has 0 aliphatic rings. The molecule has 1 N–H and O–H groups in total.